The highest BCUT2D eigenvalue weighted by molar-refractivity contribution is 6.04. The van der Waals surface area contributed by atoms with Crippen molar-refractivity contribution >= 4 is 11.6 Å². The number of hydrogen-bond donors (Lipinski definition) is 4. The zero-order chi connectivity index (χ0) is 29.5. The molecule has 9 nitrogen and oxygen atoms in total. The minimum Gasteiger partial charge on any atom is -0.508 e. The van der Waals surface area contributed by atoms with Gasteiger partial charge in [-0.05, 0) is 60.1 Å². The smallest absolute Gasteiger partial charge is 0.257 e. The summed E-state index contributed by atoms with van der Waals surface area (Å²) < 4.78 is 12.8. The van der Waals surface area contributed by atoms with Crippen molar-refractivity contribution < 1.29 is 29.6 Å². The number of aliphatic hydroxyl groups is 2. The Bertz CT molecular complexity index is 1450. The summed E-state index contributed by atoms with van der Waals surface area (Å²) in [5, 5.41) is 32.9. The molecule has 1 amide bonds. The van der Waals surface area contributed by atoms with E-state index < -0.39 is 12.4 Å². The molecule has 1 aromatic heterocycles. The second-order valence-corrected chi connectivity index (χ2v) is 10.5. The largest absolute Gasteiger partial charge is 0.508 e. The van der Waals surface area contributed by atoms with E-state index in [0.29, 0.717) is 36.3 Å². The lowest BCUT2D eigenvalue weighted by Crippen LogP contribution is -2.39. The number of pyridine rings is 1. The SMILES string of the molecule is CN(CC1CC(c2ccc(CO)cc2)OC(c2ccc(NC(=O)c3cccnc3)cc2)O1)CC(O)c1cccc(O)c1. The number of phenols is 1. The minimum atomic E-state index is -0.769. The van der Waals surface area contributed by atoms with Crippen molar-refractivity contribution in [2.75, 3.05) is 25.5 Å². The molecule has 1 aliphatic heterocycles. The van der Waals surface area contributed by atoms with Crippen LogP contribution in [0.3, 0.4) is 0 Å². The van der Waals surface area contributed by atoms with Gasteiger partial charge in [0.2, 0.25) is 0 Å². The molecule has 1 fully saturated rings. The minimum absolute atomic E-state index is 0.0316. The summed E-state index contributed by atoms with van der Waals surface area (Å²) in [7, 11) is 1.92. The van der Waals surface area contributed by atoms with E-state index in [9.17, 15) is 20.1 Å². The summed E-state index contributed by atoms with van der Waals surface area (Å²) in [6, 6.07) is 25.1. The van der Waals surface area contributed by atoms with Crippen molar-refractivity contribution in [2.45, 2.75) is 37.6 Å². The highest BCUT2D eigenvalue weighted by Crippen LogP contribution is 2.38. The standard InChI is InChI=1S/C33H35N3O6/c1-36(20-30(39)25-4-2-6-28(38)16-25)19-29-17-31(23-9-7-22(21-37)8-10-23)42-33(41-29)24-11-13-27(14-12-24)35-32(40)26-5-3-15-34-18-26/h2-16,18,29-31,33,37-39H,17,19-21H2,1H3,(H,35,40). The number of carbonyl (C=O) groups is 1. The maximum absolute atomic E-state index is 12.5. The molecule has 1 saturated heterocycles. The molecule has 5 rings (SSSR count). The molecule has 2 heterocycles. The summed E-state index contributed by atoms with van der Waals surface area (Å²) >= 11 is 0. The number of aromatic hydroxyl groups is 1. The van der Waals surface area contributed by atoms with Crippen molar-refractivity contribution in [3.05, 3.63) is 125 Å². The van der Waals surface area contributed by atoms with Gasteiger partial charge in [0.15, 0.2) is 6.29 Å². The van der Waals surface area contributed by atoms with Crippen LogP contribution in [0, 0.1) is 0 Å². The van der Waals surface area contributed by atoms with Crippen LogP contribution < -0.4 is 5.32 Å². The lowest BCUT2D eigenvalue weighted by atomic mass is 9.99. The maximum Gasteiger partial charge on any atom is 0.257 e. The van der Waals surface area contributed by atoms with Gasteiger partial charge < -0.3 is 35.0 Å². The number of aromatic nitrogens is 1. The molecular weight excluding hydrogens is 534 g/mol. The predicted octanol–water partition coefficient (Wildman–Crippen LogP) is 4.74. The molecule has 0 radical (unpaired) electrons. The van der Waals surface area contributed by atoms with Gasteiger partial charge in [-0.1, -0.05) is 48.5 Å². The summed E-state index contributed by atoms with van der Waals surface area (Å²) in [5.74, 6) is -0.133. The number of aliphatic hydroxyl groups excluding tert-OH is 2. The van der Waals surface area contributed by atoms with Gasteiger partial charge in [-0.25, -0.2) is 0 Å². The molecule has 3 aromatic carbocycles. The highest BCUT2D eigenvalue weighted by atomic mass is 16.7. The third kappa shape index (κ3) is 7.58. The maximum atomic E-state index is 12.5. The third-order valence-corrected chi connectivity index (χ3v) is 7.23. The normalized spacial score (nSPS) is 19.4. The molecule has 0 saturated carbocycles. The van der Waals surface area contributed by atoms with Gasteiger partial charge in [-0.15, -0.1) is 0 Å². The van der Waals surface area contributed by atoms with E-state index in [1.165, 1.54) is 6.20 Å². The van der Waals surface area contributed by atoms with Gasteiger partial charge in [0.05, 0.1) is 30.5 Å². The van der Waals surface area contributed by atoms with Gasteiger partial charge >= 0.3 is 0 Å². The van der Waals surface area contributed by atoms with Gasteiger partial charge in [0, 0.05) is 43.2 Å². The molecule has 0 bridgehead atoms. The number of hydrogen-bond acceptors (Lipinski definition) is 8. The lowest BCUT2D eigenvalue weighted by molar-refractivity contribution is -0.252. The summed E-state index contributed by atoms with van der Waals surface area (Å²) in [6.07, 6.45) is 1.84. The molecule has 4 atom stereocenters. The number of rotatable bonds is 10. The van der Waals surface area contributed by atoms with Crippen LogP contribution in [0.1, 0.15) is 57.5 Å². The first kappa shape index (κ1) is 29.4. The number of benzene rings is 3. The number of nitrogens with zero attached hydrogens (tertiary/aromatic N) is 2. The van der Waals surface area contributed by atoms with Crippen molar-refractivity contribution in [3.8, 4) is 5.75 Å². The molecule has 42 heavy (non-hydrogen) atoms. The van der Waals surface area contributed by atoms with E-state index in [1.54, 1.807) is 42.6 Å². The first-order chi connectivity index (χ1) is 20.4. The average Bonchev–Trinajstić information content (AvgIpc) is 3.01. The third-order valence-electron chi connectivity index (χ3n) is 7.23. The Hall–Kier alpha value is -4.12. The van der Waals surface area contributed by atoms with Gasteiger partial charge in [0.1, 0.15) is 5.75 Å². The second-order valence-electron chi connectivity index (χ2n) is 10.5. The Labute approximate surface area is 245 Å². The number of phenolic OH excluding ortho intramolecular Hbond substituents is 1. The zero-order valence-electron chi connectivity index (χ0n) is 23.3. The number of anilines is 1. The topological polar surface area (TPSA) is 124 Å². The van der Waals surface area contributed by atoms with Gasteiger partial charge in [0.25, 0.3) is 5.91 Å². The zero-order valence-corrected chi connectivity index (χ0v) is 23.3. The highest BCUT2D eigenvalue weighted by Gasteiger charge is 2.33. The molecule has 0 aliphatic carbocycles. The van der Waals surface area contributed by atoms with Crippen LogP contribution in [-0.2, 0) is 16.1 Å². The number of likely N-dealkylation sites (N-methyl/N-ethyl adjacent to an activating group) is 1. The summed E-state index contributed by atoms with van der Waals surface area (Å²) in [5.41, 5.74) is 4.36. The van der Waals surface area contributed by atoms with Gasteiger partial charge in [-0.2, -0.15) is 0 Å². The fraction of sp³-hybridized carbons (Fsp3) is 0.273. The van der Waals surface area contributed by atoms with Gasteiger partial charge in [-0.3, -0.25) is 9.78 Å². The van der Waals surface area contributed by atoms with Crippen molar-refractivity contribution in [1.82, 2.24) is 9.88 Å². The fourth-order valence-electron chi connectivity index (χ4n) is 5.01. The Morgan fingerprint density at radius 2 is 1.79 bits per heavy atom. The van der Waals surface area contributed by atoms with E-state index in [2.05, 4.69) is 10.3 Å². The van der Waals surface area contributed by atoms with Crippen LogP contribution in [0.15, 0.2) is 97.3 Å². The number of carbonyl (C=O) groups excluding carboxylic acids is 1. The second kappa shape index (κ2) is 13.7. The summed E-state index contributed by atoms with van der Waals surface area (Å²) in [4.78, 5) is 18.5. The predicted molar refractivity (Wildman–Crippen MR) is 158 cm³/mol. The van der Waals surface area contributed by atoms with Crippen LogP contribution in [0.2, 0.25) is 0 Å². The van der Waals surface area contributed by atoms with Crippen LogP contribution in [-0.4, -0.2) is 57.4 Å². The van der Waals surface area contributed by atoms with Crippen molar-refractivity contribution in [2.24, 2.45) is 0 Å². The van der Waals surface area contributed by atoms with Crippen LogP contribution >= 0.6 is 0 Å². The number of amides is 1. The Balaban J connectivity index is 1.29. The molecule has 1 aliphatic rings. The molecule has 4 aromatic rings. The van der Waals surface area contributed by atoms with E-state index in [0.717, 1.165) is 16.7 Å². The first-order valence-corrected chi connectivity index (χ1v) is 13.9. The van der Waals surface area contributed by atoms with Crippen molar-refractivity contribution in [1.29, 1.82) is 0 Å². The first-order valence-electron chi connectivity index (χ1n) is 13.9. The van der Waals surface area contributed by atoms with Crippen LogP contribution in [0.25, 0.3) is 0 Å². The van der Waals surface area contributed by atoms with Crippen LogP contribution in [0.4, 0.5) is 5.69 Å². The molecule has 9 heteroatoms. The van der Waals surface area contributed by atoms with E-state index in [-0.39, 0.29) is 30.5 Å². The lowest BCUT2D eigenvalue weighted by Gasteiger charge is -2.38. The van der Waals surface area contributed by atoms with E-state index >= 15 is 0 Å². The van der Waals surface area contributed by atoms with E-state index in [1.807, 2.05) is 60.5 Å². The Kier molecular flexibility index (Phi) is 9.58. The molecular formula is C33H35N3O6. The fourth-order valence-corrected chi connectivity index (χ4v) is 5.01. The average molecular weight is 570 g/mol. The molecule has 218 valence electrons. The summed E-state index contributed by atoms with van der Waals surface area (Å²) in [6.45, 7) is 0.867. The van der Waals surface area contributed by atoms with E-state index in [4.69, 9.17) is 9.47 Å². The quantitative estimate of drug-likeness (QED) is 0.216. The Morgan fingerprint density at radius 3 is 2.48 bits per heavy atom. The molecule has 4 unspecified atom stereocenters. The van der Waals surface area contributed by atoms with Crippen LogP contribution in [0.5, 0.6) is 5.75 Å². The van der Waals surface area contributed by atoms with Crippen molar-refractivity contribution in [3.63, 3.8) is 0 Å². The number of ether oxygens (including phenoxy) is 2. The Morgan fingerprint density at radius 1 is 1.02 bits per heavy atom. The molecule has 4 N–H and O–H groups in total. The number of nitrogens with one attached hydrogen (secondary N) is 1. The molecule has 0 spiro atoms. The monoisotopic (exact) mass is 569 g/mol.